The second-order valence-corrected chi connectivity index (χ2v) is 8.25. The first-order valence-electron chi connectivity index (χ1n) is 10.4. The number of benzene rings is 1. The number of allylic oxidation sites excluding steroid dienone is 1. The molecule has 0 saturated carbocycles. The maximum absolute atomic E-state index is 12.6. The van der Waals surface area contributed by atoms with E-state index in [1.54, 1.807) is 6.08 Å². The summed E-state index contributed by atoms with van der Waals surface area (Å²) in [7, 11) is 0. The first-order chi connectivity index (χ1) is 14.4. The van der Waals surface area contributed by atoms with Gasteiger partial charge < -0.3 is 21.7 Å². The Balaban J connectivity index is 0.00000181. The Morgan fingerprint density at radius 1 is 1.34 bits per heavy atom. The van der Waals surface area contributed by atoms with Crippen LogP contribution in [-0.2, 0) is 24.5 Å². The zero-order valence-corrected chi connectivity index (χ0v) is 23.1. The molecule has 0 spiro atoms. The zero-order valence-electron chi connectivity index (χ0n) is 19.1. The molecule has 3 aliphatic rings. The third-order valence-electron chi connectivity index (χ3n) is 6.29. The molecule has 1 aromatic carbocycles. The molecule has 0 fully saturated rings. The number of esters is 1. The Morgan fingerprint density at radius 3 is 2.78 bits per heavy atom. The van der Waals surface area contributed by atoms with E-state index in [4.69, 9.17) is 9.84 Å². The minimum Gasteiger partial charge on any atom is -0.481 e. The number of hydrogen-bond acceptors (Lipinski definition) is 5. The number of ketones is 1. The van der Waals surface area contributed by atoms with Crippen molar-refractivity contribution in [2.24, 2.45) is 0 Å². The van der Waals surface area contributed by atoms with E-state index < -0.39 is 11.9 Å². The van der Waals surface area contributed by atoms with Crippen molar-refractivity contribution in [1.82, 2.24) is 0 Å². The standard InChI is InChI=1S/C24H25NO5.2Na/c1-3-12-24(2)17-7-4-5-8-18(17)25-13-11-20-16(22(24)25)14-15(23(29)30-20)19(26)9-6-10-21(27)28;;/h5,7-8,14,20H,1,3,6,9-13H2,2H3,(H,27,28);;/q-2;2*+1. The van der Waals surface area contributed by atoms with Gasteiger partial charge in [0.2, 0.25) is 0 Å². The van der Waals surface area contributed by atoms with Gasteiger partial charge >= 0.3 is 71.1 Å². The van der Waals surface area contributed by atoms with Crippen molar-refractivity contribution in [1.29, 1.82) is 0 Å². The Kier molecular flexibility index (Phi) is 9.42. The summed E-state index contributed by atoms with van der Waals surface area (Å²) in [5.41, 5.74) is 3.96. The Labute approximate surface area is 233 Å². The largest absolute Gasteiger partial charge is 1.00 e. The number of carboxylic acid groups (broad SMARTS) is 1. The van der Waals surface area contributed by atoms with E-state index >= 15 is 0 Å². The van der Waals surface area contributed by atoms with Crippen molar-refractivity contribution in [2.75, 3.05) is 11.4 Å². The van der Waals surface area contributed by atoms with Crippen LogP contribution in [0.3, 0.4) is 0 Å². The van der Waals surface area contributed by atoms with Gasteiger partial charge in [-0.3, -0.25) is 9.59 Å². The summed E-state index contributed by atoms with van der Waals surface area (Å²) in [5, 5.41) is 8.80. The molecule has 0 amide bonds. The molecule has 2 unspecified atom stereocenters. The molecular weight excluding hydrogens is 428 g/mol. The molecule has 0 bridgehead atoms. The van der Waals surface area contributed by atoms with E-state index in [0.717, 1.165) is 36.3 Å². The summed E-state index contributed by atoms with van der Waals surface area (Å²) in [6, 6.07) is 9.15. The van der Waals surface area contributed by atoms with Gasteiger partial charge in [-0.05, 0) is 17.9 Å². The Morgan fingerprint density at radius 2 is 2.09 bits per heavy atom. The van der Waals surface area contributed by atoms with Crippen molar-refractivity contribution >= 4 is 23.4 Å². The molecule has 6 nitrogen and oxygen atoms in total. The van der Waals surface area contributed by atoms with Crippen LogP contribution >= 0.6 is 0 Å². The second kappa shape index (κ2) is 11.0. The van der Waals surface area contributed by atoms with E-state index in [1.807, 2.05) is 12.1 Å². The Bertz CT molecular complexity index is 986. The predicted octanol–water partition coefficient (Wildman–Crippen LogP) is -2.48. The average Bonchev–Trinajstić information content (AvgIpc) is 2.96. The fourth-order valence-electron chi connectivity index (χ4n) is 4.93. The number of rotatable bonds is 7. The van der Waals surface area contributed by atoms with Crippen LogP contribution in [0.2, 0.25) is 0 Å². The predicted molar refractivity (Wildman–Crippen MR) is 111 cm³/mol. The monoisotopic (exact) mass is 453 g/mol. The molecule has 4 rings (SSSR count). The molecule has 0 radical (unpaired) electrons. The van der Waals surface area contributed by atoms with Crippen LogP contribution in [0.25, 0.3) is 0 Å². The molecule has 0 saturated heterocycles. The summed E-state index contributed by atoms with van der Waals surface area (Å²) < 4.78 is 5.68. The summed E-state index contributed by atoms with van der Waals surface area (Å²) in [4.78, 5) is 38.2. The van der Waals surface area contributed by atoms with Gasteiger partial charge in [-0.1, -0.05) is 19.0 Å². The van der Waals surface area contributed by atoms with E-state index in [2.05, 4.69) is 30.9 Å². The van der Waals surface area contributed by atoms with E-state index in [1.165, 1.54) is 5.56 Å². The molecule has 0 aliphatic carbocycles. The summed E-state index contributed by atoms with van der Waals surface area (Å²) in [6.45, 7) is 6.97. The van der Waals surface area contributed by atoms with Crippen LogP contribution in [0.15, 0.2) is 41.1 Å². The first kappa shape index (κ1) is 27.4. The van der Waals surface area contributed by atoms with Gasteiger partial charge in [-0.2, -0.15) is 24.6 Å². The van der Waals surface area contributed by atoms with Gasteiger partial charge in [0, 0.05) is 37.1 Å². The van der Waals surface area contributed by atoms with Crippen LogP contribution in [0.5, 0.6) is 0 Å². The Hall–Kier alpha value is -0.890. The van der Waals surface area contributed by atoms with E-state index in [0.29, 0.717) is 6.42 Å². The SMILES string of the molecule is [CH2-]CCC1(C)C2=C3C=C(C(=O)CCCC(=O)O)C(=O)OC3CCN2c2cc[c-]cc21.[Na+].[Na+]. The molecule has 8 heteroatoms. The molecule has 3 heterocycles. The van der Waals surface area contributed by atoms with Gasteiger partial charge in [0.05, 0.1) is 0 Å². The van der Waals surface area contributed by atoms with Gasteiger partial charge in [-0.25, -0.2) is 4.79 Å². The van der Waals surface area contributed by atoms with Crippen molar-refractivity contribution in [2.45, 2.75) is 57.0 Å². The average molecular weight is 453 g/mol. The number of carbonyl (C=O) groups is 3. The van der Waals surface area contributed by atoms with Crippen LogP contribution in [0, 0.1) is 13.0 Å². The fraction of sp³-hybridized carbons (Fsp3) is 0.417. The number of carboxylic acids is 1. The number of hydrogen-bond donors (Lipinski definition) is 1. The maximum atomic E-state index is 12.6. The number of anilines is 1. The van der Waals surface area contributed by atoms with Crippen LogP contribution < -0.4 is 64.0 Å². The van der Waals surface area contributed by atoms with Crippen LogP contribution in [0.1, 0.15) is 51.0 Å². The number of nitrogens with zero attached hydrogens (tertiary/aromatic N) is 1. The topological polar surface area (TPSA) is 83.9 Å². The maximum Gasteiger partial charge on any atom is 1.00 e. The first-order valence-corrected chi connectivity index (χ1v) is 10.4. The van der Waals surface area contributed by atoms with Gasteiger partial charge in [0.25, 0.3) is 0 Å². The van der Waals surface area contributed by atoms with E-state index in [-0.39, 0.29) is 101 Å². The minimum absolute atomic E-state index is 0. The number of Topliss-reactive ketones (excluding diaryl/α,β-unsaturated/α-hetero) is 1. The quantitative estimate of drug-likeness (QED) is 0.213. The van der Waals surface area contributed by atoms with Crippen molar-refractivity contribution in [3.8, 4) is 0 Å². The van der Waals surface area contributed by atoms with Crippen LogP contribution in [-0.4, -0.2) is 35.5 Å². The smallest absolute Gasteiger partial charge is 0.481 e. The van der Waals surface area contributed by atoms with Crippen LogP contribution in [0.4, 0.5) is 5.69 Å². The van der Waals surface area contributed by atoms with Crippen molar-refractivity contribution in [3.05, 3.63) is 59.7 Å². The number of fused-ring (bicyclic) bond motifs is 4. The zero-order chi connectivity index (χ0) is 21.5. The second-order valence-electron chi connectivity index (χ2n) is 8.25. The molecule has 3 aliphatic heterocycles. The molecule has 2 atom stereocenters. The van der Waals surface area contributed by atoms with E-state index in [9.17, 15) is 14.4 Å². The van der Waals surface area contributed by atoms with Crippen molar-refractivity contribution < 1.29 is 83.3 Å². The molecule has 1 aromatic rings. The summed E-state index contributed by atoms with van der Waals surface area (Å²) in [6.07, 6.45) is 3.63. The number of carbonyl (C=O) groups excluding carboxylic acids is 2. The molecule has 32 heavy (non-hydrogen) atoms. The fourth-order valence-corrected chi connectivity index (χ4v) is 4.93. The summed E-state index contributed by atoms with van der Waals surface area (Å²) in [5.74, 6) is -1.94. The minimum atomic E-state index is -0.958. The van der Waals surface area contributed by atoms with Gasteiger partial charge in [0.1, 0.15) is 11.7 Å². The summed E-state index contributed by atoms with van der Waals surface area (Å²) >= 11 is 0. The number of aliphatic carboxylic acids is 1. The molecule has 158 valence electrons. The van der Waals surface area contributed by atoms with Gasteiger partial charge in [0.15, 0.2) is 5.78 Å². The third-order valence-corrected chi connectivity index (χ3v) is 6.29. The third kappa shape index (κ3) is 4.82. The normalized spacial score (nSPS) is 23.1. The molecule has 0 aromatic heterocycles. The van der Waals surface area contributed by atoms with Gasteiger partial charge in [-0.15, -0.1) is 11.6 Å². The van der Waals surface area contributed by atoms with Crippen molar-refractivity contribution in [3.63, 3.8) is 0 Å². The molecular formula is C24H25NNa2O5. The molecule has 1 N–H and O–H groups in total. The number of ether oxygens (including phenoxy) is 1.